The number of carbonyl (C=O) groups excluding carboxylic acids is 1. The number of benzene rings is 2. The van der Waals surface area contributed by atoms with Gasteiger partial charge in [-0.15, -0.1) is 0 Å². The number of oxazole rings is 1. The number of ether oxygens (including phenoxy) is 1. The summed E-state index contributed by atoms with van der Waals surface area (Å²) in [6.45, 7) is 0. The van der Waals surface area contributed by atoms with Crippen LogP contribution in [0.4, 0.5) is 0 Å². The number of hydrogen-bond donors (Lipinski definition) is 0. The van der Waals surface area contributed by atoms with Gasteiger partial charge in [0, 0.05) is 16.1 Å². The molecule has 5 heteroatoms. The molecule has 22 heavy (non-hydrogen) atoms. The molecule has 0 spiro atoms. The van der Waals surface area contributed by atoms with Gasteiger partial charge in [0.1, 0.15) is 0 Å². The molecule has 0 aliphatic rings. The molecule has 0 unspecified atom stereocenters. The van der Waals surface area contributed by atoms with E-state index in [1.54, 1.807) is 24.3 Å². The zero-order valence-corrected chi connectivity index (χ0v) is 12.5. The smallest absolute Gasteiger partial charge is 0.360 e. The van der Waals surface area contributed by atoms with Crippen LogP contribution in [0.3, 0.4) is 0 Å². The van der Waals surface area contributed by atoms with Crippen LogP contribution in [0.15, 0.2) is 59.0 Å². The monoisotopic (exact) mass is 313 g/mol. The lowest BCUT2D eigenvalue weighted by atomic mass is 10.1. The number of halogens is 1. The standard InChI is InChI=1S/C17H12ClNO3/c1-21-17(20)14-15(11-5-3-2-4-6-11)22-16(19-14)12-7-9-13(18)10-8-12/h2-10H,1H3. The zero-order valence-electron chi connectivity index (χ0n) is 11.7. The average Bonchev–Trinajstić information content (AvgIpc) is 3.01. The van der Waals surface area contributed by atoms with E-state index in [1.807, 2.05) is 30.3 Å². The maximum absolute atomic E-state index is 11.9. The molecular formula is C17H12ClNO3. The summed E-state index contributed by atoms with van der Waals surface area (Å²) in [5.41, 5.74) is 1.64. The van der Waals surface area contributed by atoms with Gasteiger partial charge in [-0.25, -0.2) is 9.78 Å². The Labute approximate surface area is 132 Å². The van der Waals surface area contributed by atoms with Crippen LogP contribution in [0.5, 0.6) is 0 Å². The van der Waals surface area contributed by atoms with Crippen LogP contribution in [-0.4, -0.2) is 18.1 Å². The quantitative estimate of drug-likeness (QED) is 0.670. The summed E-state index contributed by atoms with van der Waals surface area (Å²) in [4.78, 5) is 16.2. The topological polar surface area (TPSA) is 52.3 Å². The van der Waals surface area contributed by atoms with Gasteiger partial charge in [-0.3, -0.25) is 0 Å². The summed E-state index contributed by atoms with van der Waals surface area (Å²) >= 11 is 5.88. The molecular weight excluding hydrogens is 302 g/mol. The molecule has 0 saturated heterocycles. The van der Waals surface area contributed by atoms with Gasteiger partial charge in [0.05, 0.1) is 7.11 Å². The van der Waals surface area contributed by atoms with E-state index in [1.165, 1.54) is 7.11 Å². The third kappa shape index (κ3) is 2.73. The average molecular weight is 314 g/mol. The molecule has 3 aromatic rings. The van der Waals surface area contributed by atoms with Crippen molar-refractivity contribution in [2.75, 3.05) is 7.11 Å². The molecule has 0 atom stereocenters. The van der Waals surface area contributed by atoms with Crippen LogP contribution < -0.4 is 0 Å². The van der Waals surface area contributed by atoms with Crippen molar-refractivity contribution in [1.82, 2.24) is 4.98 Å². The lowest BCUT2D eigenvalue weighted by Gasteiger charge is -1.99. The van der Waals surface area contributed by atoms with Crippen molar-refractivity contribution in [3.63, 3.8) is 0 Å². The van der Waals surface area contributed by atoms with E-state index in [4.69, 9.17) is 20.8 Å². The molecule has 1 aromatic heterocycles. The van der Waals surface area contributed by atoms with Crippen LogP contribution in [0.25, 0.3) is 22.8 Å². The minimum atomic E-state index is -0.539. The van der Waals surface area contributed by atoms with Crippen molar-refractivity contribution < 1.29 is 13.9 Å². The predicted octanol–water partition coefficient (Wildman–Crippen LogP) is 4.45. The Hall–Kier alpha value is -2.59. The second kappa shape index (κ2) is 6.03. The minimum Gasteiger partial charge on any atom is -0.464 e. The molecule has 0 fully saturated rings. The highest BCUT2D eigenvalue weighted by atomic mass is 35.5. The Balaban J connectivity index is 2.13. The molecule has 0 amide bonds. The van der Waals surface area contributed by atoms with E-state index in [-0.39, 0.29) is 5.69 Å². The number of esters is 1. The normalized spacial score (nSPS) is 10.5. The highest BCUT2D eigenvalue weighted by Crippen LogP contribution is 2.30. The maximum Gasteiger partial charge on any atom is 0.360 e. The van der Waals surface area contributed by atoms with Gasteiger partial charge in [0.15, 0.2) is 11.5 Å². The highest BCUT2D eigenvalue weighted by molar-refractivity contribution is 6.30. The van der Waals surface area contributed by atoms with Crippen LogP contribution in [0.2, 0.25) is 5.02 Å². The molecule has 0 radical (unpaired) electrons. The molecule has 110 valence electrons. The molecule has 0 aliphatic carbocycles. The molecule has 3 rings (SSSR count). The molecule has 1 heterocycles. The lowest BCUT2D eigenvalue weighted by molar-refractivity contribution is 0.0595. The number of hydrogen-bond acceptors (Lipinski definition) is 4. The fourth-order valence-corrected chi connectivity index (χ4v) is 2.18. The fraction of sp³-hybridized carbons (Fsp3) is 0.0588. The van der Waals surface area contributed by atoms with E-state index in [9.17, 15) is 4.79 Å². The van der Waals surface area contributed by atoms with E-state index >= 15 is 0 Å². The van der Waals surface area contributed by atoms with Crippen LogP contribution >= 0.6 is 11.6 Å². The third-order valence-corrected chi connectivity index (χ3v) is 3.39. The molecule has 0 bridgehead atoms. The summed E-state index contributed by atoms with van der Waals surface area (Å²) in [6, 6.07) is 16.3. The fourth-order valence-electron chi connectivity index (χ4n) is 2.06. The minimum absolute atomic E-state index is 0.152. The number of aromatic nitrogens is 1. The van der Waals surface area contributed by atoms with Crippen molar-refractivity contribution in [2.24, 2.45) is 0 Å². The highest BCUT2D eigenvalue weighted by Gasteiger charge is 2.22. The first-order valence-electron chi connectivity index (χ1n) is 6.59. The molecule has 0 aliphatic heterocycles. The predicted molar refractivity (Wildman–Crippen MR) is 83.7 cm³/mol. The second-order valence-corrected chi connectivity index (χ2v) is 5.00. The summed E-state index contributed by atoms with van der Waals surface area (Å²) in [5, 5.41) is 0.617. The van der Waals surface area contributed by atoms with Gasteiger partial charge in [0.25, 0.3) is 0 Å². The first-order valence-corrected chi connectivity index (χ1v) is 6.97. The van der Waals surface area contributed by atoms with Crippen LogP contribution in [0, 0.1) is 0 Å². The number of carbonyl (C=O) groups is 1. The molecule has 2 aromatic carbocycles. The van der Waals surface area contributed by atoms with E-state index < -0.39 is 5.97 Å². The molecule has 0 saturated carbocycles. The first kappa shape index (κ1) is 14.4. The van der Waals surface area contributed by atoms with Crippen molar-refractivity contribution in [3.8, 4) is 22.8 Å². The van der Waals surface area contributed by atoms with Gasteiger partial charge < -0.3 is 9.15 Å². The Morgan fingerprint density at radius 3 is 2.36 bits per heavy atom. The maximum atomic E-state index is 11.9. The Morgan fingerprint density at radius 1 is 1.05 bits per heavy atom. The Morgan fingerprint density at radius 2 is 1.73 bits per heavy atom. The number of rotatable bonds is 3. The SMILES string of the molecule is COC(=O)c1nc(-c2ccc(Cl)cc2)oc1-c1ccccc1. The summed E-state index contributed by atoms with van der Waals surface area (Å²) in [7, 11) is 1.31. The molecule has 4 nitrogen and oxygen atoms in total. The van der Waals surface area contributed by atoms with Crippen molar-refractivity contribution in [1.29, 1.82) is 0 Å². The summed E-state index contributed by atoms with van der Waals surface area (Å²) in [5.74, 6) is 0.191. The largest absolute Gasteiger partial charge is 0.464 e. The summed E-state index contributed by atoms with van der Waals surface area (Å²) < 4.78 is 10.6. The molecule has 0 N–H and O–H groups in total. The number of methoxy groups -OCH3 is 1. The first-order chi connectivity index (χ1) is 10.7. The van der Waals surface area contributed by atoms with E-state index in [2.05, 4.69) is 4.98 Å². The van der Waals surface area contributed by atoms with Crippen LogP contribution in [-0.2, 0) is 4.74 Å². The van der Waals surface area contributed by atoms with Gasteiger partial charge >= 0.3 is 5.97 Å². The van der Waals surface area contributed by atoms with Crippen LogP contribution in [0.1, 0.15) is 10.5 Å². The van der Waals surface area contributed by atoms with Gasteiger partial charge in [-0.05, 0) is 24.3 Å². The Bertz CT molecular complexity index is 795. The number of nitrogens with zero attached hydrogens (tertiary/aromatic N) is 1. The summed E-state index contributed by atoms with van der Waals surface area (Å²) in [6.07, 6.45) is 0. The Kier molecular flexibility index (Phi) is 3.94. The second-order valence-electron chi connectivity index (χ2n) is 4.56. The van der Waals surface area contributed by atoms with Gasteiger partial charge in [-0.1, -0.05) is 41.9 Å². The van der Waals surface area contributed by atoms with Gasteiger partial charge in [0.2, 0.25) is 5.89 Å². The van der Waals surface area contributed by atoms with Gasteiger partial charge in [-0.2, -0.15) is 0 Å². The van der Waals surface area contributed by atoms with Crippen molar-refractivity contribution >= 4 is 17.6 Å². The van der Waals surface area contributed by atoms with E-state index in [0.717, 1.165) is 11.1 Å². The van der Waals surface area contributed by atoms with Crippen molar-refractivity contribution in [2.45, 2.75) is 0 Å². The third-order valence-electron chi connectivity index (χ3n) is 3.13. The lowest BCUT2D eigenvalue weighted by Crippen LogP contribution is -2.03. The van der Waals surface area contributed by atoms with E-state index in [0.29, 0.717) is 16.7 Å². The van der Waals surface area contributed by atoms with Crippen molar-refractivity contribution in [3.05, 3.63) is 65.3 Å². The zero-order chi connectivity index (χ0) is 15.5.